The van der Waals surface area contributed by atoms with E-state index in [4.69, 9.17) is 10.5 Å². The molecule has 0 saturated carbocycles. The van der Waals surface area contributed by atoms with E-state index in [-0.39, 0.29) is 0 Å². The van der Waals surface area contributed by atoms with Gasteiger partial charge in [-0.05, 0) is 18.2 Å². The third-order valence-electron chi connectivity index (χ3n) is 2.41. The highest BCUT2D eigenvalue weighted by Gasteiger charge is 2.10. The van der Waals surface area contributed by atoms with E-state index in [0.717, 1.165) is 15.9 Å². The number of aromatic nitrogens is 3. The first-order valence-electron chi connectivity index (χ1n) is 5.14. The maximum atomic E-state index is 5.97. The average Bonchev–Trinajstić information content (AvgIpc) is 2.74. The summed E-state index contributed by atoms with van der Waals surface area (Å²) < 4.78 is 7.91. The number of methoxy groups -OCH3 is 1. The van der Waals surface area contributed by atoms with Crippen molar-refractivity contribution in [3.05, 3.63) is 29.0 Å². The van der Waals surface area contributed by atoms with Gasteiger partial charge in [-0.3, -0.25) is 0 Å². The first-order chi connectivity index (χ1) is 8.22. The van der Waals surface area contributed by atoms with Gasteiger partial charge in [0.2, 0.25) is 0 Å². The Morgan fingerprint density at radius 3 is 3.00 bits per heavy atom. The standard InChI is InChI=1S/C11H13BrN4O/c1-17-5-4-16-7-14-15-11(16)9-3-2-8(12)6-10(9)13/h2-3,6-7H,4-5,13H2,1H3. The molecule has 1 heterocycles. The lowest BCUT2D eigenvalue weighted by Crippen LogP contribution is -2.05. The normalized spacial score (nSPS) is 10.7. The van der Waals surface area contributed by atoms with E-state index in [9.17, 15) is 0 Å². The van der Waals surface area contributed by atoms with Gasteiger partial charge in [-0.2, -0.15) is 0 Å². The molecule has 0 bridgehead atoms. The fourth-order valence-electron chi connectivity index (χ4n) is 1.55. The topological polar surface area (TPSA) is 66.0 Å². The summed E-state index contributed by atoms with van der Waals surface area (Å²) in [6, 6.07) is 5.71. The monoisotopic (exact) mass is 296 g/mol. The zero-order valence-electron chi connectivity index (χ0n) is 9.43. The molecule has 2 N–H and O–H groups in total. The van der Waals surface area contributed by atoms with Gasteiger partial charge >= 0.3 is 0 Å². The van der Waals surface area contributed by atoms with Crippen LogP contribution in [0, 0.1) is 0 Å². The van der Waals surface area contributed by atoms with Crippen LogP contribution < -0.4 is 5.73 Å². The smallest absolute Gasteiger partial charge is 0.165 e. The van der Waals surface area contributed by atoms with E-state index in [0.29, 0.717) is 18.8 Å². The van der Waals surface area contributed by atoms with Gasteiger partial charge < -0.3 is 15.0 Å². The van der Waals surface area contributed by atoms with E-state index < -0.39 is 0 Å². The minimum atomic E-state index is 0.613. The lowest BCUT2D eigenvalue weighted by molar-refractivity contribution is 0.187. The Balaban J connectivity index is 2.35. The summed E-state index contributed by atoms with van der Waals surface area (Å²) in [6.07, 6.45) is 1.68. The number of halogens is 1. The second-order valence-electron chi connectivity index (χ2n) is 3.57. The Morgan fingerprint density at radius 2 is 2.29 bits per heavy atom. The van der Waals surface area contributed by atoms with Crippen molar-refractivity contribution in [3.63, 3.8) is 0 Å². The Bertz CT molecular complexity index is 512. The number of nitrogen functional groups attached to an aromatic ring is 1. The lowest BCUT2D eigenvalue weighted by atomic mass is 10.1. The van der Waals surface area contributed by atoms with Crippen molar-refractivity contribution in [2.75, 3.05) is 19.5 Å². The van der Waals surface area contributed by atoms with Gasteiger partial charge in [-0.25, -0.2) is 0 Å². The number of nitrogens with zero attached hydrogens (tertiary/aromatic N) is 3. The lowest BCUT2D eigenvalue weighted by Gasteiger charge is -2.08. The number of hydrogen-bond acceptors (Lipinski definition) is 4. The highest BCUT2D eigenvalue weighted by Crippen LogP contribution is 2.26. The predicted molar refractivity (Wildman–Crippen MR) is 69.4 cm³/mol. The van der Waals surface area contributed by atoms with E-state index in [1.807, 2.05) is 22.8 Å². The van der Waals surface area contributed by atoms with Crippen LogP contribution in [0.2, 0.25) is 0 Å². The predicted octanol–water partition coefficient (Wildman–Crippen LogP) is 1.94. The first kappa shape index (κ1) is 12.1. The van der Waals surface area contributed by atoms with Crippen molar-refractivity contribution >= 4 is 21.6 Å². The zero-order valence-corrected chi connectivity index (χ0v) is 11.0. The van der Waals surface area contributed by atoms with E-state index in [1.54, 1.807) is 13.4 Å². The molecule has 0 amide bonds. The largest absolute Gasteiger partial charge is 0.398 e. The van der Waals surface area contributed by atoms with Gasteiger partial charge in [-0.1, -0.05) is 15.9 Å². The molecule has 0 aliphatic heterocycles. The molecule has 17 heavy (non-hydrogen) atoms. The fourth-order valence-corrected chi connectivity index (χ4v) is 1.93. The number of nitrogens with two attached hydrogens (primary N) is 1. The van der Waals surface area contributed by atoms with Crippen LogP contribution in [0.4, 0.5) is 5.69 Å². The molecule has 0 unspecified atom stereocenters. The molecular formula is C11H13BrN4O. The molecule has 1 aromatic heterocycles. The van der Waals surface area contributed by atoms with Crippen LogP contribution >= 0.6 is 15.9 Å². The molecule has 0 saturated heterocycles. The average molecular weight is 297 g/mol. The quantitative estimate of drug-likeness (QED) is 0.876. The third kappa shape index (κ3) is 2.65. The van der Waals surface area contributed by atoms with Gasteiger partial charge in [0, 0.05) is 29.4 Å². The summed E-state index contributed by atoms with van der Waals surface area (Å²) in [5.74, 6) is 0.757. The van der Waals surface area contributed by atoms with Crippen molar-refractivity contribution in [3.8, 4) is 11.4 Å². The van der Waals surface area contributed by atoms with E-state index in [2.05, 4.69) is 26.1 Å². The van der Waals surface area contributed by atoms with Gasteiger partial charge in [0.05, 0.1) is 6.61 Å². The summed E-state index contributed by atoms with van der Waals surface area (Å²) in [7, 11) is 1.66. The highest BCUT2D eigenvalue weighted by atomic mass is 79.9. The molecule has 0 fully saturated rings. The molecule has 0 aliphatic rings. The Kier molecular flexibility index (Phi) is 3.75. The number of anilines is 1. The van der Waals surface area contributed by atoms with E-state index >= 15 is 0 Å². The number of ether oxygens (including phenoxy) is 1. The summed E-state index contributed by atoms with van der Waals surface area (Å²) in [5.41, 5.74) is 7.52. The second kappa shape index (κ2) is 5.29. The van der Waals surface area contributed by atoms with Crippen LogP contribution in [-0.4, -0.2) is 28.5 Å². The maximum Gasteiger partial charge on any atom is 0.165 e. The first-order valence-corrected chi connectivity index (χ1v) is 5.94. The molecule has 90 valence electrons. The minimum Gasteiger partial charge on any atom is -0.398 e. The SMILES string of the molecule is COCCn1cnnc1-c1ccc(Br)cc1N. The number of hydrogen-bond donors (Lipinski definition) is 1. The van der Waals surface area contributed by atoms with Gasteiger partial charge in [0.1, 0.15) is 6.33 Å². The van der Waals surface area contributed by atoms with Crippen LogP contribution in [0.15, 0.2) is 29.0 Å². The third-order valence-corrected chi connectivity index (χ3v) is 2.90. The van der Waals surface area contributed by atoms with Crippen LogP contribution in [0.1, 0.15) is 0 Å². The van der Waals surface area contributed by atoms with Gasteiger partial charge in [0.25, 0.3) is 0 Å². The van der Waals surface area contributed by atoms with Crippen molar-refractivity contribution in [1.29, 1.82) is 0 Å². The van der Waals surface area contributed by atoms with Crippen molar-refractivity contribution < 1.29 is 4.74 Å². The number of rotatable bonds is 4. The number of benzene rings is 1. The highest BCUT2D eigenvalue weighted by molar-refractivity contribution is 9.10. The van der Waals surface area contributed by atoms with Gasteiger partial charge in [0.15, 0.2) is 5.82 Å². The molecule has 1 aromatic carbocycles. The Labute approximate surface area is 108 Å². The fraction of sp³-hybridized carbons (Fsp3) is 0.273. The molecule has 0 aliphatic carbocycles. The van der Waals surface area contributed by atoms with Gasteiger partial charge in [-0.15, -0.1) is 10.2 Å². The minimum absolute atomic E-state index is 0.613. The molecule has 6 heteroatoms. The Morgan fingerprint density at radius 1 is 1.47 bits per heavy atom. The van der Waals surface area contributed by atoms with Crippen molar-refractivity contribution in [2.24, 2.45) is 0 Å². The molecule has 0 spiro atoms. The van der Waals surface area contributed by atoms with E-state index in [1.165, 1.54) is 0 Å². The summed E-state index contributed by atoms with van der Waals surface area (Å²) in [5, 5.41) is 8.00. The zero-order chi connectivity index (χ0) is 12.3. The molecule has 5 nitrogen and oxygen atoms in total. The van der Waals surface area contributed by atoms with Crippen LogP contribution in [0.3, 0.4) is 0 Å². The van der Waals surface area contributed by atoms with Crippen LogP contribution in [0.5, 0.6) is 0 Å². The molecular weight excluding hydrogens is 284 g/mol. The molecule has 0 radical (unpaired) electrons. The molecule has 0 atom stereocenters. The maximum absolute atomic E-state index is 5.97. The Hall–Kier alpha value is -1.40. The second-order valence-corrected chi connectivity index (χ2v) is 4.49. The van der Waals surface area contributed by atoms with Crippen molar-refractivity contribution in [2.45, 2.75) is 6.54 Å². The van der Waals surface area contributed by atoms with Crippen molar-refractivity contribution in [1.82, 2.24) is 14.8 Å². The summed E-state index contributed by atoms with van der Waals surface area (Å²) >= 11 is 3.38. The van der Waals surface area contributed by atoms with Crippen LogP contribution in [0.25, 0.3) is 11.4 Å². The molecule has 2 aromatic rings. The van der Waals surface area contributed by atoms with Crippen LogP contribution in [-0.2, 0) is 11.3 Å². The summed E-state index contributed by atoms with van der Waals surface area (Å²) in [4.78, 5) is 0. The molecule has 2 rings (SSSR count). The summed E-state index contributed by atoms with van der Waals surface area (Å²) in [6.45, 7) is 1.32.